The highest BCUT2D eigenvalue weighted by Gasteiger charge is 2.28. The molecule has 0 atom stereocenters. The number of aromatic nitrogens is 1. The number of nitrogens with zero attached hydrogens (tertiary/aromatic N) is 3. The van der Waals surface area contributed by atoms with E-state index < -0.39 is 4.92 Å². The third-order valence-corrected chi connectivity index (χ3v) is 5.30. The number of nitro groups is 1. The first-order chi connectivity index (χ1) is 15.9. The zero-order valence-corrected chi connectivity index (χ0v) is 17.8. The van der Waals surface area contributed by atoms with Crippen LogP contribution in [0.15, 0.2) is 58.3 Å². The third-order valence-electron chi connectivity index (χ3n) is 5.30. The summed E-state index contributed by atoms with van der Waals surface area (Å²) in [6.07, 6.45) is 5.29. The first kappa shape index (κ1) is 21.9. The van der Waals surface area contributed by atoms with Gasteiger partial charge in [0, 0.05) is 47.8 Å². The van der Waals surface area contributed by atoms with Gasteiger partial charge < -0.3 is 9.73 Å². The normalized spacial score (nSPS) is 13.9. The molecule has 0 spiro atoms. The van der Waals surface area contributed by atoms with Crippen LogP contribution in [0.25, 0.3) is 0 Å². The minimum atomic E-state index is -0.491. The lowest BCUT2D eigenvalue weighted by Gasteiger charge is -2.13. The summed E-state index contributed by atoms with van der Waals surface area (Å²) in [4.78, 5) is 39.2. The molecule has 0 radical (unpaired) electrons. The summed E-state index contributed by atoms with van der Waals surface area (Å²) >= 11 is 0. The molecule has 0 aliphatic heterocycles. The summed E-state index contributed by atoms with van der Waals surface area (Å²) in [6.45, 7) is 1.79. The van der Waals surface area contributed by atoms with Crippen molar-refractivity contribution < 1.29 is 18.9 Å². The Kier molecular flexibility index (Phi) is 6.25. The van der Waals surface area contributed by atoms with Crippen LogP contribution in [0.4, 0.5) is 11.4 Å². The maximum absolute atomic E-state index is 12.7. The fourth-order valence-corrected chi connectivity index (χ4v) is 3.71. The maximum atomic E-state index is 12.7. The fraction of sp³-hybridized carbons (Fsp3) is 0.217. The number of pyridine rings is 1. The van der Waals surface area contributed by atoms with E-state index in [1.165, 1.54) is 24.3 Å². The molecule has 168 valence electrons. The van der Waals surface area contributed by atoms with Crippen LogP contribution in [0.2, 0.25) is 0 Å². The Labute approximate surface area is 188 Å². The lowest BCUT2D eigenvalue weighted by molar-refractivity contribution is -0.384. The Hall–Kier alpha value is -4.34. The number of aryl methyl sites for hydroxylation is 1. The van der Waals surface area contributed by atoms with Gasteiger partial charge in [0.1, 0.15) is 5.76 Å². The number of hydrazone groups is 1. The fourth-order valence-electron chi connectivity index (χ4n) is 3.71. The second kappa shape index (κ2) is 9.43. The van der Waals surface area contributed by atoms with Gasteiger partial charge in [-0.15, -0.1) is 0 Å². The predicted molar refractivity (Wildman–Crippen MR) is 120 cm³/mol. The molecule has 2 amide bonds. The number of fused-ring (bicyclic) bond motifs is 1. The third kappa shape index (κ3) is 4.95. The Morgan fingerprint density at radius 2 is 1.88 bits per heavy atom. The number of non-ortho nitro benzene ring substituents is 1. The van der Waals surface area contributed by atoms with Crippen molar-refractivity contribution in [3.8, 4) is 0 Å². The van der Waals surface area contributed by atoms with Crippen molar-refractivity contribution in [1.29, 1.82) is 0 Å². The lowest BCUT2D eigenvalue weighted by Crippen LogP contribution is -2.23. The van der Waals surface area contributed by atoms with E-state index in [9.17, 15) is 19.7 Å². The molecule has 10 heteroatoms. The van der Waals surface area contributed by atoms with Crippen LogP contribution in [0, 0.1) is 17.0 Å². The number of benzene rings is 1. The molecule has 1 aliphatic carbocycles. The summed E-state index contributed by atoms with van der Waals surface area (Å²) in [5.41, 5.74) is 5.82. The Morgan fingerprint density at radius 1 is 1.15 bits per heavy atom. The standard InChI is InChI=1S/C23H21N5O5/c1-14-21-18(26-27-20(29)13-15-5-7-17(8-6-15)28(31)32)3-2-4-19(21)33-22(14)23(30)25-16-9-11-24-12-10-16/h5-12H,2-4,13H2,1H3,(H,27,29)(H,24,25,30)/b26-18+. The quantitative estimate of drug-likeness (QED) is 0.437. The minimum absolute atomic E-state index is 0.0333. The molecule has 1 aromatic carbocycles. The van der Waals surface area contributed by atoms with Gasteiger partial charge in [-0.05, 0) is 37.5 Å². The van der Waals surface area contributed by atoms with Crippen molar-refractivity contribution in [3.05, 3.63) is 87.1 Å². The number of nitrogens with one attached hydrogen (secondary N) is 2. The molecule has 2 aromatic heterocycles. The first-order valence-electron chi connectivity index (χ1n) is 10.3. The van der Waals surface area contributed by atoms with Crippen LogP contribution in [-0.4, -0.2) is 27.4 Å². The molecule has 0 fully saturated rings. The van der Waals surface area contributed by atoms with E-state index in [4.69, 9.17) is 4.42 Å². The number of carbonyl (C=O) groups excluding carboxylic acids is 2. The van der Waals surface area contributed by atoms with Gasteiger partial charge in [0.25, 0.3) is 11.6 Å². The van der Waals surface area contributed by atoms with Crippen molar-refractivity contribution in [1.82, 2.24) is 10.4 Å². The minimum Gasteiger partial charge on any atom is -0.455 e. The second-order valence-corrected chi connectivity index (χ2v) is 7.59. The van der Waals surface area contributed by atoms with Gasteiger partial charge in [-0.25, -0.2) is 5.43 Å². The summed E-state index contributed by atoms with van der Waals surface area (Å²) < 4.78 is 5.86. The van der Waals surface area contributed by atoms with E-state index in [0.29, 0.717) is 41.1 Å². The van der Waals surface area contributed by atoms with Gasteiger partial charge >= 0.3 is 0 Å². The highest BCUT2D eigenvalue weighted by Crippen LogP contribution is 2.30. The molecular weight excluding hydrogens is 426 g/mol. The van der Waals surface area contributed by atoms with Crippen LogP contribution >= 0.6 is 0 Å². The maximum Gasteiger partial charge on any atom is 0.291 e. The van der Waals surface area contributed by atoms with E-state index in [0.717, 1.165) is 12.0 Å². The van der Waals surface area contributed by atoms with Gasteiger partial charge in [0.2, 0.25) is 5.91 Å². The smallest absolute Gasteiger partial charge is 0.291 e. The van der Waals surface area contributed by atoms with Crippen molar-refractivity contribution in [3.63, 3.8) is 0 Å². The van der Waals surface area contributed by atoms with Crippen molar-refractivity contribution in [2.75, 3.05) is 5.32 Å². The number of nitro benzene ring substituents is 1. The molecule has 33 heavy (non-hydrogen) atoms. The summed E-state index contributed by atoms with van der Waals surface area (Å²) in [7, 11) is 0. The van der Waals surface area contributed by atoms with E-state index in [-0.39, 0.29) is 29.7 Å². The molecule has 0 saturated heterocycles. The van der Waals surface area contributed by atoms with Crippen LogP contribution in [0.5, 0.6) is 0 Å². The highest BCUT2D eigenvalue weighted by atomic mass is 16.6. The molecule has 0 unspecified atom stereocenters. The highest BCUT2D eigenvalue weighted by molar-refractivity contribution is 6.09. The zero-order chi connectivity index (χ0) is 23.4. The van der Waals surface area contributed by atoms with Crippen LogP contribution in [-0.2, 0) is 17.6 Å². The number of anilines is 1. The lowest BCUT2D eigenvalue weighted by atomic mass is 9.93. The molecule has 1 aliphatic rings. The number of amides is 2. The molecule has 4 rings (SSSR count). The summed E-state index contributed by atoms with van der Waals surface area (Å²) in [5.74, 6) is 0.167. The summed E-state index contributed by atoms with van der Waals surface area (Å²) in [5, 5.41) is 17.8. The summed E-state index contributed by atoms with van der Waals surface area (Å²) in [6, 6.07) is 9.16. The van der Waals surface area contributed by atoms with Crippen molar-refractivity contribution >= 4 is 28.9 Å². The Balaban J connectivity index is 1.47. The number of hydrogen-bond acceptors (Lipinski definition) is 7. The van der Waals surface area contributed by atoms with Gasteiger partial charge in [-0.2, -0.15) is 5.10 Å². The van der Waals surface area contributed by atoms with Crippen LogP contribution < -0.4 is 10.7 Å². The zero-order valence-electron chi connectivity index (χ0n) is 17.8. The molecule has 2 heterocycles. The van der Waals surface area contributed by atoms with E-state index in [2.05, 4.69) is 20.8 Å². The monoisotopic (exact) mass is 447 g/mol. The molecule has 3 aromatic rings. The molecule has 0 bridgehead atoms. The number of hydrogen-bond donors (Lipinski definition) is 2. The average Bonchev–Trinajstić information content (AvgIpc) is 3.16. The van der Waals surface area contributed by atoms with E-state index >= 15 is 0 Å². The molecular formula is C23H21N5O5. The Morgan fingerprint density at radius 3 is 2.58 bits per heavy atom. The van der Waals surface area contributed by atoms with Crippen LogP contribution in [0.3, 0.4) is 0 Å². The van der Waals surface area contributed by atoms with Crippen LogP contribution in [0.1, 0.15) is 45.8 Å². The van der Waals surface area contributed by atoms with E-state index in [1.54, 1.807) is 31.5 Å². The molecule has 10 nitrogen and oxygen atoms in total. The number of rotatable bonds is 6. The Bertz CT molecular complexity index is 1230. The number of carbonyl (C=O) groups is 2. The van der Waals surface area contributed by atoms with Crippen molar-refractivity contribution in [2.45, 2.75) is 32.6 Å². The van der Waals surface area contributed by atoms with Gasteiger partial charge in [-0.1, -0.05) is 12.1 Å². The molecule has 0 saturated carbocycles. The van der Waals surface area contributed by atoms with Gasteiger partial charge in [-0.3, -0.25) is 24.7 Å². The van der Waals surface area contributed by atoms with E-state index in [1.807, 2.05) is 0 Å². The first-order valence-corrected chi connectivity index (χ1v) is 10.3. The van der Waals surface area contributed by atoms with Gasteiger partial charge in [0.05, 0.1) is 17.1 Å². The largest absolute Gasteiger partial charge is 0.455 e. The second-order valence-electron chi connectivity index (χ2n) is 7.59. The number of furan rings is 1. The van der Waals surface area contributed by atoms with Crippen molar-refractivity contribution in [2.24, 2.45) is 5.10 Å². The predicted octanol–water partition coefficient (Wildman–Crippen LogP) is 3.54. The molecule has 2 N–H and O–H groups in total. The van der Waals surface area contributed by atoms with Gasteiger partial charge in [0.15, 0.2) is 5.76 Å². The topological polar surface area (TPSA) is 140 Å². The average molecular weight is 447 g/mol. The SMILES string of the molecule is Cc1c(C(=O)Nc2ccncc2)oc2c1/C(=N/NC(=O)Cc1ccc([N+](=O)[O-])cc1)CCC2.